The van der Waals surface area contributed by atoms with E-state index in [4.69, 9.17) is 9.26 Å². The fourth-order valence-corrected chi connectivity index (χ4v) is 3.97. The first-order chi connectivity index (χ1) is 15.2. The second-order valence-electron chi connectivity index (χ2n) is 7.53. The molecule has 0 unspecified atom stereocenters. The van der Waals surface area contributed by atoms with Crippen LogP contribution in [0.5, 0.6) is 5.75 Å². The van der Waals surface area contributed by atoms with Crippen LogP contribution in [0, 0.1) is 5.82 Å². The number of carbonyl (C=O) groups is 1. The third-order valence-electron chi connectivity index (χ3n) is 5.50. The third-order valence-corrected chi connectivity index (χ3v) is 5.50. The number of likely N-dealkylation sites (tertiary alicyclic amines) is 1. The summed E-state index contributed by atoms with van der Waals surface area (Å²) in [7, 11) is 0. The van der Waals surface area contributed by atoms with Gasteiger partial charge < -0.3 is 14.2 Å². The van der Waals surface area contributed by atoms with Gasteiger partial charge in [-0.05, 0) is 54.8 Å². The van der Waals surface area contributed by atoms with E-state index in [0.29, 0.717) is 18.1 Å². The molecule has 1 fully saturated rings. The van der Waals surface area contributed by atoms with Crippen molar-refractivity contribution in [2.75, 3.05) is 6.54 Å². The Morgan fingerprint density at radius 1 is 1.16 bits per heavy atom. The highest BCUT2D eigenvalue weighted by molar-refractivity contribution is 5.92. The third kappa shape index (κ3) is 3.99. The maximum absolute atomic E-state index is 13.3. The molecule has 7 heteroatoms. The Hall–Kier alpha value is -3.74. The molecule has 1 atom stereocenters. The van der Waals surface area contributed by atoms with Crippen LogP contribution in [0.1, 0.15) is 40.7 Å². The maximum Gasteiger partial charge on any atom is 0.276 e. The molecule has 6 nitrogen and oxygen atoms in total. The van der Waals surface area contributed by atoms with E-state index in [1.54, 1.807) is 29.3 Å². The highest BCUT2D eigenvalue weighted by Gasteiger charge is 2.32. The van der Waals surface area contributed by atoms with Crippen LogP contribution in [0.4, 0.5) is 4.39 Å². The number of fused-ring (bicyclic) bond motifs is 1. The van der Waals surface area contributed by atoms with Gasteiger partial charge in [0, 0.05) is 24.2 Å². The number of rotatable bonds is 5. The van der Waals surface area contributed by atoms with Crippen molar-refractivity contribution in [2.45, 2.75) is 25.5 Å². The summed E-state index contributed by atoms with van der Waals surface area (Å²) in [5, 5.41) is 4.93. The highest BCUT2D eigenvalue weighted by Crippen LogP contribution is 2.33. The Kier molecular flexibility index (Phi) is 5.08. The van der Waals surface area contributed by atoms with E-state index in [1.165, 1.54) is 12.1 Å². The summed E-state index contributed by atoms with van der Waals surface area (Å²) in [6.07, 6.45) is 3.47. The molecule has 0 aliphatic carbocycles. The minimum atomic E-state index is -0.288. The highest BCUT2D eigenvalue weighted by atomic mass is 19.1. The molecule has 2 aromatic carbocycles. The molecule has 0 radical (unpaired) electrons. The van der Waals surface area contributed by atoms with Gasteiger partial charge in [0.05, 0.1) is 11.6 Å². The number of pyridine rings is 1. The van der Waals surface area contributed by atoms with Crippen molar-refractivity contribution in [3.05, 3.63) is 89.7 Å². The summed E-state index contributed by atoms with van der Waals surface area (Å²) in [5.74, 6) is 0.662. The zero-order valence-corrected chi connectivity index (χ0v) is 16.7. The maximum atomic E-state index is 13.3. The summed E-state index contributed by atoms with van der Waals surface area (Å²) >= 11 is 0. The van der Waals surface area contributed by atoms with Crippen LogP contribution in [0.25, 0.3) is 10.9 Å². The monoisotopic (exact) mass is 417 g/mol. The molecule has 0 bridgehead atoms. The minimum Gasteiger partial charge on any atom is -0.486 e. The smallest absolute Gasteiger partial charge is 0.276 e. The van der Waals surface area contributed by atoms with E-state index < -0.39 is 0 Å². The molecule has 1 aliphatic heterocycles. The molecule has 1 aliphatic rings. The number of aromatic nitrogens is 2. The molecule has 1 amide bonds. The van der Waals surface area contributed by atoms with Crippen LogP contribution in [0.2, 0.25) is 0 Å². The topological polar surface area (TPSA) is 68.5 Å². The van der Waals surface area contributed by atoms with Crippen LogP contribution in [-0.2, 0) is 6.61 Å². The number of amides is 1. The first-order valence-electron chi connectivity index (χ1n) is 10.2. The molecule has 31 heavy (non-hydrogen) atoms. The van der Waals surface area contributed by atoms with Crippen molar-refractivity contribution in [2.24, 2.45) is 0 Å². The SMILES string of the molecule is O=C(c1cc(COc2ccc3ncccc3c2)on1)N1CCC[C@@H]1c1ccc(F)cc1. The van der Waals surface area contributed by atoms with E-state index in [2.05, 4.69) is 10.1 Å². The van der Waals surface area contributed by atoms with Gasteiger partial charge in [-0.1, -0.05) is 23.4 Å². The van der Waals surface area contributed by atoms with E-state index >= 15 is 0 Å². The minimum absolute atomic E-state index is 0.0873. The van der Waals surface area contributed by atoms with Crippen LogP contribution < -0.4 is 4.74 Å². The average molecular weight is 417 g/mol. The van der Waals surface area contributed by atoms with Crippen LogP contribution in [-0.4, -0.2) is 27.5 Å². The van der Waals surface area contributed by atoms with Gasteiger partial charge in [0.1, 0.15) is 18.2 Å². The molecule has 2 aromatic heterocycles. The second-order valence-corrected chi connectivity index (χ2v) is 7.53. The predicted molar refractivity (Wildman–Crippen MR) is 112 cm³/mol. The number of halogens is 1. The number of nitrogens with zero attached hydrogens (tertiary/aromatic N) is 3. The zero-order chi connectivity index (χ0) is 21.2. The van der Waals surface area contributed by atoms with Gasteiger partial charge in [0.15, 0.2) is 11.5 Å². The van der Waals surface area contributed by atoms with E-state index in [9.17, 15) is 9.18 Å². The number of ether oxygens (including phenoxy) is 1. The lowest BCUT2D eigenvalue weighted by atomic mass is 10.0. The number of carbonyl (C=O) groups excluding carboxylic acids is 1. The van der Waals surface area contributed by atoms with Crippen LogP contribution in [0.15, 0.2) is 71.4 Å². The van der Waals surface area contributed by atoms with Crippen LogP contribution in [0.3, 0.4) is 0 Å². The lowest BCUT2D eigenvalue weighted by Crippen LogP contribution is -2.30. The van der Waals surface area contributed by atoms with Crippen molar-refractivity contribution >= 4 is 16.8 Å². The largest absolute Gasteiger partial charge is 0.486 e. The van der Waals surface area contributed by atoms with Gasteiger partial charge in [0.2, 0.25) is 0 Å². The summed E-state index contributed by atoms with van der Waals surface area (Å²) in [6.45, 7) is 0.790. The molecule has 0 spiro atoms. The standard InChI is InChI=1S/C24H20FN3O3/c25-18-7-5-16(6-8-18)23-4-2-12-28(23)24(29)22-14-20(31-27-22)15-30-19-9-10-21-17(13-19)3-1-11-26-21/h1,3,5-11,13-14,23H,2,4,12,15H2/t23-/m1/s1. The Morgan fingerprint density at radius 2 is 2.03 bits per heavy atom. The van der Waals surface area contributed by atoms with Crippen molar-refractivity contribution in [3.8, 4) is 5.75 Å². The van der Waals surface area contributed by atoms with E-state index in [1.807, 2.05) is 30.3 Å². The Bertz CT molecular complexity index is 1220. The molecular weight excluding hydrogens is 397 g/mol. The van der Waals surface area contributed by atoms with Crippen molar-refractivity contribution in [1.29, 1.82) is 0 Å². The molecule has 0 N–H and O–H groups in total. The average Bonchev–Trinajstić information content (AvgIpc) is 3.48. The van der Waals surface area contributed by atoms with Crippen molar-refractivity contribution in [1.82, 2.24) is 15.0 Å². The number of hydrogen-bond donors (Lipinski definition) is 0. The van der Waals surface area contributed by atoms with Gasteiger partial charge in [-0.2, -0.15) is 0 Å². The van der Waals surface area contributed by atoms with Crippen molar-refractivity contribution in [3.63, 3.8) is 0 Å². The number of hydrogen-bond acceptors (Lipinski definition) is 5. The Morgan fingerprint density at radius 3 is 2.90 bits per heavy atom. The van der Waals surface area contributed by atoms with E-state index in [0.717, 1.165) is 29.3 Å². The first-order valence-corrected chi connectivity index (χ1v) is 10.2. The first kappa shape index (κ1) is 19.2. The zero-order valence-electron chi connectivity index (χ0n) is 16.7. The molecule has 5 rings (SSSR count). The molecule has 3 heterocycles. The second kappa shape index (κ2) is 8.18. The lowest BCUT2D eigenvalue weighted by molar-refractivity contribution is 0.0725. The fourth-order valence-electron chi connectivity index (χ4n) is 3.97. The van der Waals surface area contributed by atoms with Gasteiger partial charge in [0.25, 0.3) is 5.91 Å². The molecule has 156 valence electrons. The predicted octanol–water partition coefficient (Wildman–Crippen LogP) is 4.92. The van der Waals surface area contributed by atoms with Gasteiger partial charge >= 0.3 is 0 Å². The van der Waals surface area contributed by atoms with Gasteiger partial charge in [-0.15, -0.1) is 0 Å². The summed E-state index contributed by atoms with van der Waals surface area (Å²) in [4.78, 5) is 19.1. The Balaban J connectivity index is 1.27. The molecular formula is C24H20FN3O3. The van der Waals surface area contributed by atoms with Crippen LogP contribution >= 0.6 is 0 Å². The lowest BCUT2D eigenvalue weighted by Gasteiger charge is -2.24. The molecule has 4 aromatic rings. The van der Waals surface area contributed by atoms with Gasteiger partial charge in [-0.25, -0.2) is 4.39 Å². The summed E-state index contributed by atoms with van der Waals surface area (Å²) < 4.78 is 24.4. The summed E-state index contributed by atoms with van der Waals surface area (Å²) in [5.41, 5.74) is 2.06. The normalized spacial score (nSPS) is 16.0. The quantitative estimate of drug-likeness (QED) is 0.461. The fraction of sp³-hybridized carbons (Fsp3) is 0.208. The Labute approximate surface area is 178 Å². The van der Waals surface area contributed by atoms with Gasteiger partial charge in [-0.3, -0.25) is 9.78 Å². The number of benzene rings is 2. The molecule has 0 saturated carbocycles. The van der Waals surface area contributed by atoms with Crippen molar-refractivity contribution < 1.29 is 18.4 Å². The molecule has 1 saturated heterocycles. The van der Waals surface area contributed by atoms with E-state index in [-0.39, 0.29) is 30.1 Å². The summed E-state index contributed by atoms with van der Waals surface area (Å²) in [6, 6.07) is 17.3.